The van der Waals surface area contributed by atoms with Crippen LogP contribution >= 0.6 is 24.4 Å². The molecule has 0 amide bonds. The van der Waals surface area contributed by atoms with E-state index >= 15 is 0 Å². The van der Waals surface area contributed by atoms with Gasteiger partial charge < -0.3 is 21.3 Å². The number of rotatable bonds is 9. The van der Waals surface area contributed by atoms with Crippen LogP contribution in [-0.2, 0) is 33.1 Å². The van der Waals surface area contributed by atoms with Crippen LogP contribution in [0.5, 0.6) is 0 Å². The predicted octanol–water partition coefficient (Wildman–Crippen LogP) is 2.21. The van der Waals surface area contributed by atoms with Crippen LogP contribution in [0.3, 0.4) is 0 Å². The normalized spacial score (nSPS) is 15.3. The van der Waals surface area contributed by atoms with Gasteiger partial charge >= 0.3 is 29.6 Å². The van der Waals surface area contributed by atoms with Crippen LogP contribution in [0.1, 0.15) is 36.8 Å². The number of hydrogen-bond acceptors (Lipinski definition) is 6. The molecule has 0 aromatic heterocycles. The van der Waals surface area contributed by atoms with Crippen LogP contribution in [0.2, 0.25) is 0 Å². The summed E-state index contributed by atoms with van der Waals surface area (Å²) >= 11 is 10.4. The molecule has 2 aromatic carbocycles. The molecule has 2 fully saturated rings. The fourth-order valence-electron chi connectivity index (χ4n) is 3.59. The summed E-state index contributed by atoms with van der Waals surface area (Å²) in [6.45, 7) is 0. The average Bonchev–Trinajstić information content (AvgIpc) is 3.69. The molecule has 2 aliphatic rings. The van der Waals surface area contributed by atoms with Gasteiger partial charge in [0.1, 0.15) is 0 Å². The molecule has 15 heteroatoms. The predicted molar refractivity (Wildman–Crippen MR) is 152 cm³/mol. The molecular formula is C22H27N4NaO6S4. The van der Waals surface area contributed by atoms with Crippen molar-refractivity contribution in [2.75, 3.05) is 10.6 Å². The van der Waals surface area contributed by atoms with Gasteiger partial charge in [0.2, 0.25) is 0 Å². The third-order valence-electron chi connectivity index (χ3n) is 5.69. The molecule has 2 aromatic rings. The molecule has 2 aliphatic carbocycles. The van der Waals surface area contributed by atoms with Crippen LogP contribution in [-0.4, -0.2) is 77.8 Å². The van der Waals surface area contributed by atoms with E-state index in [2.05, 4.69) is 21.3 Å². The Morgan fingerprint density at radius 1 is 0.730 bits per heavy atom. The number of hydrogen-bond donors (Lipinski definition) is 6. The SMILES string of the molecule is O=S(=O)(O)c1cc(NC(=S)NC2CC2)ccc1CCc1ccc(NC(=S)NC2CC2)cc1S(=O)(=O)O.[NaH]. The van der Waals surface area contributed by atoms with E-state index in [0.717, 1.165) is 25.7 Å². The number of nitrogens with one attached hydrogen (secondary N) is 4. The van der Waals surface area contributed by atoms with E-state index in [-0.39, 0.29) is 63.3 Å². The Hall–Kier alpha value is -1.36. The van der Waals surface area contributed by atoms with Crippen LogP contribution in [0.15, 0.2) is 46.2 Å². The first-order valence-corrected chi connectivity index (χ1v) is 14.9. The van der Waals surface area contributed by atoms with Crippen molar-refractivity contribution in [2.24, 2.45) is 0 Å². The van der Waals surface area contributed by atoms with Crippen molar-refractivity contribution < 1.29 is 25.9 Å². The zero-order valence-corrected chi connectivity index (χ0v) is 22.3. The molecule has 2 saturated carbocycles. The first-order valence-electron chi connectivity index (χ1n) is 11.2. The van der Waals surface area contributed by atoms with Crippen LogP contribution in [0.4, 0.5) is 11.4 Å². The van der Waals surface area contributed by atoms with Gasteiger partial charge in [0.15, 0.2) is 10.2 Å². The van der Waals surface area contributed by atoms with Crippen molar-refractivity contribution in [2.45, 2.75) is 60.4 Å². The van der Waals surface area contributed by atoms with Crippen molar-refractivity contribution in [1.82, 2.24) is 10.6 Å². The van der Waals surface area contributed by atoms with Crippen molar-refractivity contribution in [3.8, 4) is 0 Å². The first kappa shape index (κ1) is 30.2. The van der Waals surface area contributed by atoms with Gasteiger partial charge in [-0.15, -0.1) is 0 Å². The van der Waals surface area contributed by atoms with E-state index in [1.165, 1.54) is 24.3 Å². The van der Waals surface area contributed by atoms with Crippen molar-refractivity contribution in [3.63, 3.8) is 0 Å². The maximum atomic E-state index is 12.1. The van der Waals surface area contributed by atoms with E-state index in [9.17, 15) is 25.9 Å². The van der Waals surface area contributed by atoms with Crippen molar-refractivity contribution in [3.05, 3.63) is 47.5 Å². The summed E-state index contributed by atoms with van der Waals surface area (Å²) in [5.74, 6) is 0. The first-order chi connectivity index (χ1) is 16.9. The van der Waals surface area contributed by atoms with E-state index in [1.807, 2.05) is 0 Å². The van der Waals surface area contributed by atoms with E-state index in [4.69, 9.17) is 24.4 Å². The second kappa shape index (κ2) is 12.2. The maximum absolute atomic E-state index is 12.1. The molecule has 0 atom stereocenters. The summed E-state index contributed by atoms with van der Waals surface area (Å²) in [6, 6.07) is 9.46. The zero-order chi connectivity index (χ0) is 26.1. The molecule has 0 unspecified atom stereocenters. The van der Waals surface area contributed by atoms with Gasteiger partial charge in [0.25, 0.3) is 20.2 Å². The summed E-state index contributed by atoms with van der Waals surface area (Å²) in [4.78, 5) is -0.630. The van der Waals surface area contributed by atoms with E-state index < -0.39 is 20.2 Å². The van der Waals surface area contributed by atoms with Crippen LogP contribution in [0.25, 0.3) is 0 Å². The van der Waals surface area contributed by atoms with E-state index in [1.54, 1.807) is 12.1 Å². The van der Waals surface area contributed by atoms with Gasteiger partial charge in [-0.05, 0) is 98.4 Å². The van der Waals surface area contributed by atoms with Crippen LogP contribution in [0, 0.1) is 0 Å². The molecule has 0 aliphatic heterocycles. The quantitative estimate of drug-likeness (QED) is 0.143. The molecule has 4 rings (SSSR count). The van der Waals surface area contributed by atoms with Crippen molar-refractivity contribution in [1.29, 1.82) is 0 Å². The summed E-state index contributed by atoms with van der Waals surface area (Å²) in [5, 5.41) is 12.7. The van der Waals surface area contributed by atoms with Gasteiger partial charge in [-0.2, -0.15) is 16.8 Å². The summed E-state index contributed by atoms with van der Waals surface area (Å²) < 4.78 is 67.8. The molecule has 0 radical (unpaired) electrons. The molecule has 0 bridgehead atoms. The fourth-order valence-corrected chi connectivity index (χ4v) is 5.71. The molecular weight excluding hydrogens is 568 g/mol. The Morgan fingerprint density at radius 3 is 1.38 bits per heavy atom. The standard InChI is InChI=1S/C22H26N4O6S4.Na.H/c27-35(28,29)19-11-17(25-21(33)23-15-7-8-15)5-3-13(19)1-2-14-4-6-18(12-20(14)36(30,31)32)26-22(34)24-16-9-10-16;;/h3-6,11-12,15-16H,1-2,7-10H2,(H2,23,25,33)(H2,24,26,34)(H,27,28,29)(H,30,31,32);;. The molecule has 10 nitrogen and oxygen atoms in total. The van der Waals surface area contributed by atoms with E-state index in [0.29, 0.717) is 33.7 Å². The minimum atomic E-state index is -4.57. The average molecular weight is 595 g/mol. The second-order valence-electron chi connectivity index (χ2n) is 8.84. The number of thiocarbonyl (C=S) groups is 2. The van der Waals surface area contributed by atoms with Gasteiger partial charge in [0, 0.05) is 23.5 Å². The molecule has 196 valence electrons. The Kier molecular flexibility index (Phi) is 9.97. The van der Waals surface area contributed by atoms with Crippen LogP contribution < -0.4 is 21.3 Å². The van der Waals surface area contributed by atoms with Crippen molar-refractivity contribution >= 4 is 95.8 Å². The second-order valence-corrected chi connectivity index (χ2v) is 12.4. The molecule has 0 spiro atoms. The zero-order valence-electron chi connectivity index (χ0n) is 19.0. The van der Waals surface area contributed by atoms with Gasteiger partial charge in [-0.25, -0.2) is 0 Å². The monoisotopic (exact) mass is 594 g/mol. The topological polar surface area (TPSA) is 157 Å². The van der Waals surface area contributed by atoms with Gasteiger partial charge in [-0.3, -0.25) is 9.11 Å². The Balaban J connectivity index is 0.00000380. The van der Waals surface area contributed by atoms with Gasteiger partial charge in [-0.1, -0.05) is 12.1 Å². The fraction of sp³-hybridized carbons (Fsp3) is 0.364. The number of benzene rings is 2. The summed E-state index contributed by atoms with van der Waals surface area (Å²) in [6.07, 6.45) is 4.23. The Bertz CT molecular complexity index is 1300. The molecule has 6 N–H and O–H groups in total. The molecule has 0 heterocycles. The minimum absolute atomic E-state index is 0. The number of aryl methyl sites for hydroxylation is 2. The van der Waals surface area contributed by atoms with Gasteiger partial charge in [0.05, 0.1) is 9.79 Å². The number of anilines is 2. The molecule has 0 saturated heterocycles. The third kappa shape index (κ3) is 9.11. The third-order valence-corrected chi connectivity index (χ3v) is 8.01. The molecule has 37 heavy (non-hydrogen) atoms. The Labute approximate surface area is 249 Å². The summed E-state index contributed by atoms with van der Waals surface area (Å²) in [5.41, 5.74) is 1.33. The summed E-state index contributed by atoms with van der Waals surface area (Å²) in [7, 11) is -9.15. The Morgan fingerprint density at radius 2 is 1.08 bits per heavy atom.